The number of carbonyl (C=O) groups is 1. The van der Waals surface area contributed by atoms with Crippen LogP contribution in [0, 0.1) is 28.6 Å². The van der Waals surface area contributed by atoms with E-state index in [1.165, 1.54) is 12.8 Å². The number of fused-ring (bicyclic) bond motifs is 1. The molecule has 0 radical (unpaired) electrons. The molecule has 3 fully saturated rings. The van der Waals surface area contributed by atoms with Crippen molar-refractivity contribution in [3.8, 4) is 0 Å². The van der Waals surface area contributed by atoms with Gasteiger partial charge in [-0.05, 0) is 48.9 Å². The third-order valence-electron chi connectivity index (χ3n) is 6.60. The van der Waals surface area contributed by atoms with Gasteiger partial charge in [-0.2, -0.15) is 0 Å². The Labute approximate surface area is 122 Å². The van der Waals surface area contributed by atoms with Gasteiger partial charge in [0.25, 0.3) is 0 Å². The maximum atomic E-state index is 12.3. The van der Waals surface area contributed by atoms with Gasteiger partial charge in [0.1, 0.15) is 0 Å². The number of ether oxygens (including phenoxy) is 1. The van der Waals surface area contributed by atoms with Crippen LogP contribution in [-0.2, 0) is 9.53 Å². The van der Waals surface area contributed by atoms with E-state index in [0.29, 0.717) is 18.1 Å². The molecule has 1 saturated heterocycles. The molecule has 0 aromatic carbocycles. The highest BCUT2D eigenvalue weighted by molar-refractivity contribution is 5.78. The van der Waals surface area contributed by atoms with Crippen LogP contribution in [0.1, 0.15) is 53.9 Å². The quantitative estimate of drug-likeness (QED) is 0.844. The van der Waals surface area contributed by atoms with E-state index in [1.807, 2.05) is 13.8 Å². The molecule has 114 valence electrons. The highest BCUT2D eigenvalue weighted by Crippen LogP contribution is 2.68. The number of nitrogens with one attached hydrogen (secondary N) is 1. The van der Waals surface area contributed by atoms with Crippen molar-refractivity contribution < 1.29 is 9.53 Å². The fraction of sp³-hybridized carbons (Fsp3) is 0.941. The van der Waals surface area contributed by atoms with E-state index in [2.05, 4.69) is 26.1 Å². The predicted octanol–water partition coefficient (Wildman–Crippen LogP) is 2.99. The van der Waals surface area contributed by atoms with Crippen molar-refractivity contribution in [3.05, 3.63) is 0 Å². The summed E-state index contributed by atoms with van der Waals surface area (Å²) < 4.78 is 5.90. The standard InChI is InChI=1S/C17H29NO2/c1-10(2)14(19)18-15-16(4,5)12-8-13-11(3)20-7-6-17(13,15)9-12/h10-13,15H,6-9H2,1-5H3,(H,18,19)/t11-,12-,13-,15+,17?/m1/s1. The molecule has 1 aliphatic heterocycles. The molecule has 3 aliphatic rings. The second kappa shape index (κ2) is 4.46. The first-order valence-corrected chi connectivity index (χ1v) is 8.21. The Morgan fingerprint density at radius 2 is 2.05 bits per heavy atom. The second-order valence-corrected chi connectivity index (χ2v) is 8.22. The first kappa shape index (κ1) is 14.4. The van der Waals surface area contributed by atoms with E-state index in [4.69, 9.17) is 4.74 Å². The van der Waals surface area contributed by atoms with Gasteiger partial charge in [-0.15, -0.1) is 0 Å². The summed E-state index contributed by atoms with van der Waals surface area (Å²) in [7, 11) is 0. The highest BCUT2D eigenvalue weighted by Gasteiger charge is 2.67. The minimum atomic E-state index is 0.0667. The van der Waals surface area contributed by atoms with Crippen molar-refractivity contribution in [3.63, 3.8) is 0 Å². The van der Waals surface area contributed by atoms with Crippen molar-refractivity contribution in [2.45, 2.75) is 66.0 Å². The highest BCUT2D eigenvalue weighted by atomic mass is 16.5. The summed E-state index contributed by atoms with van der Waals surface area (Å²) in [6.45, 7) is 11.8. The lowest BCUT2D eigenvalue weighted by Gasteiger charge is -2.53. The molecule has 1 heterocycles. The Bertz CT molecular complexity index is 417. The van der Waals surface area contributed by atoms with Gasteiger partial charge in [0.05, 0.1) is 6.10 Å². The number of rotatable bonds is 2. The Kier molecular flexibility index (Phi) is 3.20. The van der Waals surface area contributed by atoms with E-state index >= 15 is 0 Å². The van der Waals surface area contributed by atoms with Crippen molar-refractivity contribution in [1.82, 2.24) is 5.32 Å². The summed E-state index contributed by atoms with van der Waals surface area (Å²) in [5.74, 6) is 1.64. The fourth-order valence-corrected chi connectivity index (χ4v) is 5.39. The van der Waals surface area contributed by atoms with Crippen LogP contribution in [0.4, 0.5) is 0 Å². The zero-order valence-electron chi connectivity index (χ0n) is 13.5. The minimum Gasteiger partial charge on any atom is -0.378 e. The molecule has 1 unspecified atom stereocenters. The molecule has 3 heteroatoms. The molecule has 3 rings (SSSR count). The van der Waals surface area contributed by atoms with Crippen molar-refractivity contribution in [2.24, 2.45) is 28.6 Å². The summed E-state index contributed by atoms with van der Waals surface area (Å²) in [5, 5.41) is 3.42. The lowest BCUT2D eigenvalue weighted by atomic mass is 9.59. The summed E-state index contributed by atoms with van der Waals surface area (Å²) in [4.78, 5) is 12.3. The molecule has 1 amide bonds. The van der Waals surface area contributed by atoms with Gasteiger partial charge >= 0.3 is 0 Å². The molecule has 2 saturated carbocycles. The van der Waals surface area contributed by atoms with E-state index in [0.717, 1.165) is 18.9 Å². The van der Waals surface area contributed by atoms with Crippen LogP contribution in [0.3, 0.4) is 0 Å². The van der Waals surface area contributed by atoms with E-state index in [-0.39, 0.29) is 22.7 Å². The maximum absolute atomic E-state index is 12.3. The van der Waals surface area contributed by atoms with Gasteiger partial charge < -0.3 is 10.1 Å². The van der Waals surface area contributed by atoms with Crippen molar-refractivity contribution >= 4 is 5.91 Å². The van der Waals surface area contributed by atoms with Gasteiger partial charge in [-0.3, -0.25) is 4.79 Å². The monoisotopic (exact) mass is 279 g/mol. The van der Waals surface area contributed by atoms with Crippen molar-refractivity contribution in [2.75, 3.05) is 6.61 Å². The van der Waals surface area contributed by atoms with Crippen LogP contribution in [0.5, 0.6) is 0 Å². The first-order chi connectivity index (χ1) is 9.29. The summed E-state index contributed by atoms with van der Waals surface area (Å²) in [5.41, 5.74) is 0.508. The third-order valence-corrected chi connectivity index (χ3v) is 6.60. The minimum absolute atomic E-state index is 0.0667. The van der Waals surface area contributed by atoms with E-state index in [1.54, 1.807) is 0 Å². The molecule has 0 aromatic heterocycles. The molecule has 5 atom stereocenters. The predicted molar refractivity (Wildman–Crippen MR) is 79.2 cm³/mol. The van der Waals surface area contributed by atoms with E-state index < -0.39 is 0 Å². The average molecular weight is 279 g/mol. The molecular weight excluding hydrogens is 250 g/mol. The smallest absolute Gasteiger partial charge is 0.222 e. The fourth-order valence-electron chi connectivity index (χ4n) is 5.39. The average Bonchev–Trinajstić information content (AvgIpc) is 2.84. The zero-order valence-corrected chi connectivity index (χ0v) is 13.5. The number of hydrogen-bond donors (Lipinski definition) is 1. The van der Waals surface area contributed by atoms with Crippen LogP contribution < -0.4 is 5.32 Å². The zero-order chi connectivity index (χ0) is 14.7. The van der Waals surface area contributed by atoms with Crippen LogP contribution in [0.25, 0.3) is 0 Å². The summed E-state index contributed by atoms with van der Waals surface area (Å²) in [6.07, 6.45) is 4.03. The SMILES string of the molecule is CC(C)C(=O)N[C@H]1C(C)(C)[C@@H]2C[C@@H]3[C@@H](C)OCCC31C2. The molecule has 0 aromatic rings. The van der Waals surface area contributed by atoms with Crippen LogP contribution in [0.15, 0.2) is 0 Å². The van der Waals surface area contributed by atoms with Gasteiger partial charge in [0.15, 0.2) is 0 Å². The molecular formula is C17H29NO2. The van der Waals surface area contributed by atoms with Gasteiger partial charge in [0, 0.05) is 18.6 Å². The summed E-state index contributed by atoms with van der Waals surface area (Å²) >= 11 is 0. The Morgan fingerprint density at radius 1 is 1.35 bits per heavy atom. The molecule has 2 bridgehead atoms. The summed E-state index contributed by atoms with van der Waals surface area (Å²) in [6, 6.07) is 0.319. The number of carbonyl (C=O) groups excluding carboxylic acids is 1. The van der Waals surface area contributed by atoms with Crippen LogP contribution in [-0.4, -0.2) is 24.7 Å². The molecule has 20 heavy (non-hydrogen) atoms. The second-order valence-electron chi connectivity index (χ2n) is 8.22. The van der Waals surface area contributed by atoms with Crippen molar-refractivity contribution in [1.29, 1.82) is 0 Å². The number of hydrogen-bond acceptors (Lipinski definition) is 2. The molecule has 1 spiro atoms. The lowest BCUT2D eigenvalue weighted by Crippen LogP contribution is -2.60. The van der Waals surface area contributed by atoms with Gasteiger partial charge in [-0.1, -0.05) is 27.7 Å². The topological polar surface area (TPSA) is 38.3 Å². The number of amides is 1. The van der Waals surface area contributed by atoms with Gasteiger partial charge in [0.2, 0.25) is 5.91 Å². The largest absolute Gasteiger partial charge is 0.378 e. The normalized spacial score (nSPS) is 45.5. The van der Waals surface area contributed by atoms with Crippen LogP contribution >= 0.6 is 0 Å². The Balaban J connectivity index is 1.92. The molecule has 2 aliphatic carbocycles. The molecule has 1 N–H and O–H groups in total. The third kappa shape index (κ3) is 1.78. The maximum Gasteiger partial charge on any atom is 0.222 e. The van der Waals surface area contributed by atoms with Crippen LogP contribution in [0.2, 0.25) is 0 Å². The lowest BCUT2D eigenvalue weighted by molar-refractivity contribution is -0.136. The van der Waals surface area contributed by atoms with Gasteiger partial charge in [-0.25, -0.2) is 0 Å². The Hall–Kier alpha value is -0.570. The van der Waals surface area contributed by atoms with E-state index in [9.17, 15) is 4.79 Å². The first-order valence-electron chi connectivity index (χ1n) is 8.21. The molecule has 3 nitrogen and oxygen atoms in total. The Morgan fingerprint density at radius 3 is 2.70 bits per heavy atom.